The van der Waals surface area contributed by atoms with Crippen molar-refractivity contribution in [2.75, 3.05) is 24.4 Å². The van der Waals surface area contributed by atoms with E-state index in [2.05, 4.69) is 4.98 Å². The Balaban J connectivity index is 1.46. The number of benzene rings is 2. The van der Waals surface area contributed by atoms with Gasteiger partial charge in [-0.1, -0.05) is 6.07 Å². The molecule has 1 N–H and O–H groups in total. The van der Waals surface area contributed by atoms with Crippen LogP contribution < -0.4 is 9.47 Å². The first-order valence-corrected chi connectivity index (χ1v) is 15.2. The van der Waals surface area contributed by atoms with Gasteiger partial charge in [0.1, 0.15) is 28.0 Å². The Morgan fingerprint density at radius 2 is 1.89 bits per heavy atom. The van der Waals surface area contributed by atoms with E-state index in [1.807, 2.05) is 32.0 Å². The molecule has 3 aromatic rings. The smallest absolute Gasteiger partial charge is 0.303 e. The molecule has 0 amide bonds. The number of hydrogen-bond donors (Lipinski definition) is 1. The third-order valence-corrected chi connectivity index (χ3v) is 8.56. The van der Waals surface area contributed by atoms with E-state index in [-0.39, 0.29) is 37.1 Å². The highest BCUT2D eigenvalue weighted by Crippen LogP contribution is 2.42. The minimum Gasteiger partial charge on any atom is -0.494 e. The van der Waals surface area contributed by atoms with Gasteiger partial charge < -0.3 is 14.6 Å². The van der Waals surface area contributed by atoms with Crippen molar-refractivity contribution in [3.63, 3.8) is 0 Å². The van der Waals surface area contributed by atoms with E-state index in [4.69, 9.17) is 14.6 Å². The SMILES string of the molecule is Cc1cc(OCCCS(C)(=O)=O)cc(C)c1-c1cc(COc2cc3c(cn2)[C@@H](CC(=O)O)CS3)ccc1F. The molecule has 0 fully saturated rings. The van der Waals surface area contributed by atoms with E-state index < -0.39 is 15.8 Å². The summed E-state index contributed by atoms with van der Waals surface area (Å²) >= 11 is 1.60. The fourth-order valence-electron chi connectivity index (χ4n) is 4.55. The number of carbonyl (C=O) groups is 1. The summed E-state index contributed by atoms with van der Waals surface area (Å²) in [5, 5.41) is 9.10. The van der Waals surface area contributed by atoms with Gasteiger partial charge in [-0.25, -0.2) is 17.8 Å². The zero-order valence-corrected chi connectivity index (χ0v) is 23.1. The van der Waals surface area contributed by atoms with Crippen molar-refractivity contribution < 1.29 is 32.2 Å². The molecule has 2 aromatic carbocycles. The van der Waals surface area contributed by atoms with Crippen LogP contribution in [0.15, 0.2) is 47.5 Å². The quantitative estimate of drug-likeness (QED) is 0.305. The van der Waals surface area contributed by atoms with Gasteiger partial charge >= 0.3 is 5.97 Å². The monoisotopic (exact) mass is 559 g/mol. The van der Waals surface area contributed by atoms with Gasteiger partial charge in [-0.3, -0.25) is 4.79 Å². The number of sulfone groups is 1. The average molecular weight is 560 g/mol. The minimum atomic E-state index is -3.03. The molecule has 10 heteroatoms. The van der Waals surface area contributed by atoms with Crippen LogP contribution in [0, 0.1) is 19.7 Å². The molecule has 0 unspecified atom stereocenters. The number of nitrogens with zero attached hydrogens (tertiary/aromatic N) is 1. The van der Waals surface area contributed by atoms with Crippen molar-refractivity contribution >= 4 is 27.6 Å². The number of rotatable bonds is 11. The lowest BCUT2D eigenvalue weighted by Crippen LogP contribution is -2.08. The molecule has 2 heterocycles. The topological polar surface area (TPSA) is 103 Å². The Morgan fingerprint density at radius 3 is 2.58 bits per heavy atom. The molecule has 1 atom stereocenters. The van der Waals surface area contributed by atoms with Gasteiger partial charge in [0.05, 0.1) is 18.8 Å². The van der Waals surface area contributed by atoms with Crippen LogP contribution in [-0.4, -0.2) is 48.8 Å². The normalized spacial score (nSPS) is 14.8. The summed E-state index contributed by atoms with van der Waals surface area (Å²) in [6.07, 6.45) is 3.36. The highest BCUT2D eigenvalue weighted by Gasteiger charge is 2.26. The largest absolute Gasteiger partial charge is 0.494 e. The van der Waals surface area contributed by atoms with Gasteiger partial charge in [0.15, 0.2) is 0 Å². The van der Waals surface area contributed by atoms with E-state index in [1.54, 1.807) is 30.1 Å². The maximum atomic E-state index is 14.9. The third-order valence-electron chi connectivity index (χ3n) is 6.29. The number of carboxylic acids is 1. The zero-order chi connectivity index (χ0) is 27.4. The molecule has 38 heavy (non-hydrogen) atoms. The highest BCUT2D eigenvalue weighted by atomic mass is 32.2. The van der Waals surface area contributed by atoms with Crippen LogP contribution in [0.5, 0.6) is 11.6 Å². The lowest BCUT2D eigenvalue weighted by atomic mass is 9.94. The van der Waals surface area contributed by atoms with Gasteiger partial charge in [-0.2, -0.15) is 0 Å². The van der Waals surface area contributed by atoms with Crippen LogP contribution in [0.1, 0.15) is 41.0 Å². The maximum Gasteiger partial charge on any atom is 0.303 e. The van der Waals surface area contributed by atoms with Crippen molar-refractivity contribution in [1.29, 1.82) is 0 Å². The summed E-state index contributed by atoms with van der Waals surface area (Å²) in [6.45, 7) is 4.25. The van der Waals surface area contributed by atoms with Gasteiger partial charge in [0.25, 0.3) is 0 Å². The molecule has 0 radical (unpaired) electrons. The van der Waals surface area contributed by atoms with Crippen LogP contribution >= 0.6 is 11.8 Å². The number of thioether (sulfide) groups is 1. The summed E-state index contributed by atoms with van der Waals surface area (Å²) in [6, 6.07) is 10.3. The summed E-state index contributed by atoms with van der Waals surface area (Å²) in [5.74, 6) is 0.591. The summed E-state index contributed by atoms with van der Waals surface area (Å²) in [4.78, 5) is 16.4. The van der Waals surface area contributed by atoms with Crippen LogP contribution in [0.3, 0.4) is 0 Å². The number of halogens is 1. The predicted molar refractivity (Wildman–Crippen MR) is 145 cm³/mol. The first-order valence-electron chi connectivity index (χ1n) is 12.2. The van der Waals surface area contributed by atoms with Crippen molar-refractivity contribution in [3.05, 3.63) is 70.7 Å². The molecule has 0 spiro atoms. The summed E-state index contributed by atoms with van der Waals surface area (Å²) < 4.78 is 49.2. The van der Waals surface area contributed by atoms with E-state index >= 15 is 0 Å². The van der Waals surface area contributed by atoms with Crippen molar-refractivity contribution in [1.82, 2.24) is 4.98 Å². The molecule has 1 aliphatic rings. The standard InChI is InChI=1S/C28H30FNO6S2/c1-17-9-21(35-7-4-8-38(3,33)34)10-18(2)28(17)22-11-19(5-6-24(22)29)15-36-26-13-25-23(14-30-26)20(16-37-25)12-27(31)32/h5-6,9-11,13-14,20H,4,7-8,12,15-16H2,1-3H3,(H,31,32)/t20-/m0/s1. The first kappa shape index (κ1) is 27.9. The number of pyridine rings is 1. The van der Waals surface area contributed by atoms with Crippen molar-refractivity contribution in [2.45, 2.75) is 44.1 Å². The molecule has 0 aliphatic carbocycles. The molecular weight excluding hydrogens is 529 g/mol. The average Bonchev–Trinajstić information content (AvgIpc) is 3.22. The number of aryl methyl sites for hydroxylation is 2. The molecular formula is C28H30FNO6S2. The Bertz CT molecular complexity index is 1430. The molecule has 7 nitrogen and oxygen atoms in total. The zero-order valence-electron chi connectivity index (χ0n) is 21.5. The van der Waals surface area contributed by atoms with Crippen LogP contribution in [0.4, 0.5) is 4.39 Å². The Morgan fingerprint density at radius 1 is 1.16 bits per heavy atom. The van der Waals surface area contributed by atoms with Gasteiger partial charge in [0.2, 0.25) is 5.88 Å². The molecule has 1 aliphatic heterocycles. The highest BCUT2D eigenvalue weighted by molar-refractivity contribution is 7.99. The Kier molecular flexibility index (Phi) is 8.62. The fraction of sp³-hybridized carbons (Fsp3) is 0.357. The van der Waals surface area contributed by atoms with Crippen LogP contribution in [-0.2, 0) is 21.2 Å². The molecule has 0 saturated heterocycles. The number of aromatic nitrogens is 1. The maximum absolute atomic E-state index is 14.9. The second-order valence-corrected chi connectivity index (χ2v) is 12.9. The second kappa shape index (κ2) is 11.7. The second-order valence-electron chi connectivity index (χ2n) is 9.53. The number of hydrogen-bond acceptors (Lipinski definition) is 7. The first-order chi connectivity index (χ1) is 18.0. The molecule has 0 bridgehead atoms. The van der Waals surface area contributed by atoms with E-state index in [9.17, 15) is 17.6 Å². The molecule has 1 aromatic heterocycles. The van der Waals surface area contributed by atoms with Crippen LogP contribution in [0.25, 0.3) is 11.1 Å². The van der Waals surface area contributed by atoms with E-state index in [0.29, 0.717) is 29.4 Å². The lowest BCUT2D eigenvalue weighted by molar-refractivity contribution is -0.137. The number of aliphatic carboxylic acids is 1. The van der Waals surface area contributed by atoms with Gasteiger partial charge in [-0.05, 0) is 72.4 Å². The third kappa shape index (κ3) is 7.05. The van der Waals surface area contributed by atoms with E-state index in [1.165, 1.54) is 12.3 Å². The predicted octanol–water partition coefficient (Wildman–Crippen LogP) is 5.56. The number of ether oxygens (including phenoxy) is 2. The Hall–Kier alpha value is -3.11. The molecule has 4 rings (SSSR count). The fourth-order valence-corrected chi connectivity index (χ4v) is 6.44. The summed E-state index contributed by atoms with van der Waals surface area (Å²) in [5.41, 5.74) is 4.62. The van der Waals surface area contributed by atoms with Crippen molar-refractivity contribution in [2.24, 2.45) is 0 Å². The Labute approximate surface area is 226 Å². The van der Waals surface area contributed by atoms with Gasteiger partial charge in [-0.15, -0.1) is 11.8 Å². The lowest BCUT2D eigenvalue weighted by Gasteiger charge is -2.16. The summed E-state index contributed by atoms with van der Waals surface area (Å²) in [7, 11) is -3.03. The minimum absolute atomic E-state index is 0.0514. The molecule has 0 saturated carbocycles. The van der Waals surface area contributed by atoms with Gasteiger partial charge in [0, 0.05) is 40.6 Å². The molecule has 202 valence electrons. The van der Waals surface area contributed by atoms with E-state index in [0.717, 1.165) is 32.7 Å². The van der Waals surface area contributed by atoms with Crippen molar-refractivity contribution in [3.8, 4) is 22.8 Å². The number of fused-ring (bicyclic) bond motifs is 1. The van der Waals surface area contributed by atoms with Crippen LogP contribution in [0.2, 0.25) is 0 Å². The number of carboxylic acid groups (broad SMARTS) is 1.